The monoisotopic (exact) mass is 480 g/mol. The van der Waals surface area contributed by atoms with E-state index in [0.717, 1.165) is 37.4 Å². The lowest BCUT2D eigenvalue weighted by Gasteiger charge is -2.24. The molecule has 33 heavy (non-hydrogen) atoms. The Kier molecular flexibility index (Phi) is 8.73. The van der Waals surface area contributed by atoms with Crippen LogP contribution in [0.25, 0.3) is 0 Å². The minimum atomic E-state index is -0.718. The smallest absolute Gasteiger partial charge is 0.330 e. The van der Waals surface area contributed by atoms with Gasteiger partial charge in [0.15, 0.2) is 5.69 Å². The molecule has 3 N–H and O–H groups in total. The van der Waals surface area contributed by atoms with Crippen LogP contribution < -0.4 is 21.9 Å². The van der Waals surface area contributed by atoms with Crippen molar-refractivity contribution in [2.75, 3.05) is 36.6 Å². The van der Waals surface area contributed by atoms with Gasteiger partial charge < -0.3 is 19.8 Å². The summed E-state index contributed by atoms with van der Waals surface area (Å²) in [6.45, 7) is 4.44. The Labute approximate surface area is 196 Å². The van der Waals surface area contributed by atoms with Crippen molar-refractivity contribution in [1.29, 1.82) is 0 Å². The summed E-state index contributed by atoms with van der Waals surface area (Å²) in [6.07, 6.45) is 5.59. The lowest BCUT2D eigenvalue weighted by molar-refractivity contribution is -0.116. The molecule has 3 rings (SSSR count). The molecule has 0 unspecified atom stereocenters. The third kappa shape index (κ3) is 6.26. The predicted molar refractivity (Wildman–Crippen MR) is 126 cm³/mol. The minimum absolute atomic E-state index is 0.0435. The molecule has 1 aliphatic carbocycles. The van der Waals surface area contributed by atoms with E-state index in [1.165, 1.54) is 23.0 Å². The second kappa shape index (κ2) is 11.5. The first kappa shape index (κ1) is 25.0. The first-order chi connectivity index (χ1) is 15.8. The van der Waals surface area contributed by atoms with Gasteiger partial charge in [0.25, 0.3) is 10.8 Å². The number of nitrogens with two attached hydrogens (primary N) is 1. The van der Waals surface area contributed by atoms with Gasteiger partial charge in [0.2, 0.25) is 11.8 Å². The normalized spacial score (nSPS) is 14.7. The molecule has 0 saturated heterocycles. The topological polar surface area (TPSA) is 149 Å². The van der Waals surface area contributed by atoms with E-state index in [0.29, 0.717) is 17.7 Å². The summed E-state index contributed by atoms with van der Waals surface area (Å²) >= 11 is 1.11. The molecule has 0 atom stereocenters. The molecule has 0 aromatic carbocycles. The molecule has 1 aliphatic rings. The molecule has 1 fully saturated rings. The Morgan fingerprint density at radius 3 is 2.70 bits per heavy atom. The number of aromatic nitrogens is 4. The van der Waals surface area contributed by atoms with Gasteiger partial charge in [0.05, 0.1) is 12.4 Å². The minimum Gasteiger partial charge on any atom is -0.416 e. The highest BCUT2D eigenvalue weighted by Gasteiger charge is 2.26. The van der Waals surface area contributed by atoms with Crippen molar-refractivity contribution in [2.24, 2.45) is 5.92 Å². The zero-order chi connectivity index (χ0) is 24.0. The van der Waals surface area contributed by atoms with Crippen molar-refractivity contribution < 1.29 is 13.9 Å². The van der Waals surface area contributed by atoms with E-state index in [4.69, 9.17) is 14.9 Å². The van der Waals surface area contributed by atoms with E-state index in [2.05, 4.69) is 15.2 Å². The van der Waals surface area contributed by atoms with Crippen molar-refractivity contribution in [3.63, 3.8) is 0 Å². The maximum Gasteiger partial charge on any atom is 0.330 e. The number of amides is 1. The molecule has 0 spiro atoms. The molecule has 2 aromatic rings. The summed E-state index contributed by atoms with van der Waals surface area (Å²) in [7, 11) is 1.50. The number of carbonyl (C=O) groups excluding carboxylic acids is 1. The molecular formula is C21H32N6O5S. The number of H-pyrrole nitrogens is 1. The molecule has 1 amide bonds. The predicted octanol–water partition coefficient (Wildman–Crippen LogP) is 1.98. The van der Waals surface area contributed by atoms with Crippen molar-refractivity contribution in [1.82, 2.24) is 19.7 Å². The number of nitrogens with one attached hydrogen (secondary N) is 1. The number of nitrogen functional groups attached to an aromatic ring is 1. The lowest BCUT2D eigenvalue weighted by Crippen LogP contribution is -2.43. The molecule has 12 heteroatoms. The fourth-order valence-corrected chi connectivity index (χ4v) is 4.57. The van der Waals surface area contributed by atoms with Gasteiger partial charge >= 0.3 is 5.69 Å². The van der Waals surface area contributed by atoms with Crippen molar-refractivity contribution in [3.05, 3.63) is 26.7 Å². The molecule has 1 saturated carbocycles. The van der Waals surface area contributed by atoms with Crippen LogP contribution in [0.2, 0.25) is 0 Å². The molecular weight excluding hydrogens is 448 g/mol. The van der Waals surface area contributed by atoms with Crippen LogP contribution in [0.1, 0.15) is 57.8 Å². The van der Waals surface area contributed by atoms with E-state index < -0.39 is 11.2 Å². The highest BCUT2D eigenvalue weighted by Crippen LogP contribution is 2.33. The average molecular weight is 481 g/mol. The van der Waals surface area contributed by atoms with E-state index in [9.17, 15) is 14.4 Å². The largest absolute Gasteiger partial charge is 0.416 e. The summed E-state index contributed by atoms with van der Waals surface area (Å²) in [5.41, 5.74) is 4.81. The number of hydrogen-bond acceptors (Lipinski definition) is 9. The maximum absolute atomic E-state index is 13.1. The fourth-order valence-electron chi connectivity index (χ4n) is 3.92. The average Bonchev–Trinajstić information content (AvgIpc) is 3.26. The summed E-state index contributed by atoms with van der Waals surface area (Å²) < 4.78 is 12.2. The highest BCUT2D eigenvalue weighted by molar-refractivity contribution is 7.99. The molecule has 2 heterocycles. The Bertz CT molecular complexity index is 1060. The van der Waals surface area contributed by atoms with Gasteiger partial charge in [-0.15, -0.1) is 10.2 Å². The van der Waals surface area contributed by atoms with E-state index in [-0.39, 0.29) is 48.2 Å². The zero-order valence-corrected chi connectivity index (χ0v) is 20.2. The Balaban J connectivity index is 1.79. The first-order valence-electron chi connectivity index (χ1n) is 11.2. The summed E-state index contributed by atoms with van der Waals surface area (Å²) in [5.74, 6) is 0.513. The Morgan fingerprint density at radius 2 is 2.03 bits per heavy atom. The lowest BCUT2D eigenvalue weighted by atomic mass is 9.89. The number of ether oxygens (including phenoxy) is 1. The third-order valence-corrected chi connectivity index (χ3v) is 6.35. The summed E-state index contributed by atoms with van der Waals surface area (Å²) in [4.78, 5) is 41.5. The number of thioether (sulfide) groups is 1. The van der Waals surface area contributed by atoms with Crippen LogP contribution in [0.15, 0.2) is 19.2 Å². The number of rotatable bonds is 10. The van der Waals surface area contributed by atoms with Crippen LogP contribution in [0.3, 0.4) is 0 Å². The van der Waals surface area contributed by atoms with Gasteiger partial charge in [-0.05, 0) is 18.8 Å². The standard InChI is InChI=1S/C21H32N6O5S/c1-13(2)11-27-17(22)16(18(29)23-20(27)30)26(9-10-31-3)15(28)12-33-21-25-24-19(32-21)14-7-5-4-6-8-14/h13-14H,4-12,22H2,1-3H3,(H,23,29,30). The molecule has 2 aromatic heterocycles. The molecule has 0 aliphatic heterocycles. The third-order valence-electron chi connectivity index (χ3n) is 5.55. The number of carbonyl (C=O) groups is 1. The quantitative estimate of drug-likeness (QED) is 0.487. The van der Waals surface area contributed by atoms with Crippen LogP contribution in [0, 0.1) is 5.92 Å². The van der Waals surface area contributed by atoms with Gasteiger partial charge in [0, 0.05) is 26.1 Å². The number of methoxy groups -OCH3 is 1. The van der Waals surface area contributed by atoms with Crippen LogP contribution in [0.5, 0.6) is 0 Å². The van der Waals surface area contributed by atoms with E-state index in [1.807, 2.05) is 13.8 Å². The number of anilines is 2. The first-order valence-corrected chi connectivity index (χ1v) is 12.2. The van der Waals surface area contributed by atoms with E-state index in [1.54, 1.807) is 0 Å². The van der Waals surface area contributed by atoms with Crippen molar-refractivity contribution in [3.8, 4) is 0 Å². The van der Waals surface area contributed by atoms with Gasteiger partial charge in [-0.2, -0.15) is 0 Å². The second-order valence-corrected chi connectivity index (χ2v) is 9.49. The van der Waals surface area contributed by atoms with Gasteiger partial charge in [-0.25, -0.2) is 4.79 Å². The van der Waals surface area contributed by atoms with Crippen molar-refractivity contribution in [2.45, 2.75) is 63.6 Å². The highest BCUT2D eigenvalue weighted by atomic mass is 32.2. The van der Waals surface area contributed by atoms with Gasteiger partial charge in [-0.3, -0.25) is 19.1 Å². The maximum atomic E-state index is 13.1. The number of hydrogen-bond donors (Lipinski definition) is 2. The van der Waals surface area contributed by atoms with Gasteiger partial charge in [0.1, 0.15) is 5.82 Å². The fraction of sp³-hybridized carbons (Fsp3) is 0.667. The zero-order valence-electron chi connectivity index (χ0n) is 19.3. The van der Waals surface area contributed by atoms with Crippen LogP contribution >= 0.6 is 11.8 Å². The van der Waals surface area contributed by atoms with E-state index >= 15 is 0 Å². The number of nitrogens with zero attached hydrogens (tertiary/aromatic N) is 4. The Hall–Kier alpha value is -2.60. The van der Waals surface area contributed by atoms with Crippen LogP contribution in [-0.2, 0) is 16.1 Å². The molecule has 0 bridgehead atoms. The summed E-state index contributed by atoms with van der Waals surface area (Å²) in [5, 5.41) is 8.52. The molecule has 0 radical (unpaired) electrons. The summed E-state index contributed by atoms with van der Waals surface area (Å²) in [6, 6.07) is 0. The van der Waals surface area contributed by atoms with Crippen LogP contribution in [-0.4, -0.2) is 51.7 Å². The second-order valence-electron chi connectivity index (χ2n) is 8.57. The molecule has 182 valence electrons. The Morgan fingerprint density at radius 1 is 1.30 bits per heavy atom. The number of aromatic amines is 1. The SMILES string of the molecule is COCCN(C(=O)CSc1nnc(C2CCCCC2)o1)c1c(N)n(CC(C)C)c(=O)[nH]c1=O. The van der Waals surface area contributed by atoms with Gasteiger partial charge in [-0.1, -0.05) is 44.9 Å². The van der Waals surface area contributed by atoms with Crippen molar-refractivity contribution >= 4 is 29.2 Å². The molecule has 11 nitrogen and oxygen atoms in total. The van der Waals surface area contributed by atoms with Crippen LogP contribution in [0.4, 0.5) is 11.5 Å².